The lowest BCUT2D eigenvalue weighted by molar-refractivity contribution is 0.00578. The molecule has 24 heavy (non-hydrogen) atoms. The molecule has 4 rings (SSSR count). The monoisotopic (exact) mass is 327 g/mol. The minimum absolute atomic E-state index is 0.102. The lowest BCUT2D eigenvalue weighted by atomic mass is 9.77. The molecule has 6 nitrogen and oxygen atoms in total. The third kappa shape index (κ3) is 2.11. The van der Waals surface area contributed by atoms with Crippen molar-refractivity contribution in [3.8, 4) is 5.69 Å². The molecule has 2 aliphatic rings. The SMILES string of the molecule is Cn1nc2n(c1=O)-c1ccc(B3OC(C)(C)C(C)(C)O3)cc1CC2. The molecule has 0 radical (unpaired) electrons. The quantitative estimate of drug-likeness (QED) is 0.733. The summed E-state index contributed by atoms with van der Waals surface area (Å²) < 4.78 is 15.4. The molecule has 7 heteroatoms. The summed E-state index contributed by atoms with van der Waals surface area (Å²) in [6, 6.07) is 6.05. The van der Waals surface area contributed by atoms with Gasteiger partial charge < -0.3 is 9.31 Å². The topological polar surface area (TPSA) is 58.3 Å². The van der Waals surface area contributed by atoms with Gasteiger partial charge in [0.05, 0.1) is 16.9 Å². The van der Waals surface area contributed by atoms with E-state index in [1.54, 1.807) is 11.6 Å². The Morgan fingerprint density at radius 2 is 1.79 bits per heavy atom. The normalized spacial score (nSPS) is 20.8. The van der Waals surface area contributed by atoms with Gasteiger partial charge >= 0.3 is 12.8 Å². The fourth-order valence-electron chi connectivity index (χ4n) is 3.32. The van der Waals surface area contributed by atoms with E-state index in [9.17, 15) is 4.79 Å². The number of nitrogens with zero attached hydrogens (tertiary/aromatic N) is 3. The second-order valence-electron chi connectivity index (χ2n) is 7.63. The minimum atomic E-state index is -0.382. The average Bonchev–Trinajstić information content (AvgIpc) is 2.92. The van der Waals surface area contributed by atoms with E-state index in [0.29, 0.717) is 0 Å². The molecule has 0 bridgehead atoms. The van der Waals surface area contributed by atoms with E-state index in [-0.39, 0.29) is 24.0 Å². The Bertz CT molecular complexity index is 866. The number of rotatable bonds is 1. The Balaban J connectivity index is 1.74. The van der Waals surface area contributed by atoms with Crippen LogP contribution in [0.15, 0.2) is 23.0 Å². The minimum Gasteiger partial charge on any atom is -0.399 e. The molecule has 0 aliphatic carbocycles. The number of aromatic nitrogens is 3. The van der Waals surface area contributed by atoms with Crippen LogP contribution in [0.25, 0.3) is 5.69 Å². The van der Waals surface area contributed by atoms with Crippen LogP contribution < -0.4 is 11.2 Å². The molecule has 0 amide bonds. The molecule has 3 heterocycles. The van der Waals surface area contributed by atoms with Gasteiger partial charge in [-0.3, -0.25) is 0 Å². The predicted molar refractivity (Wildman–Crippen MR) is 91.9 cm³/mol. The van der Waals surface area contributed by atoms with Gasteiger partial charge in [-0.15, -0.1) is 0 Å². The maximum atomic E-state index is 12.3. The summed E-state index contributed by atoms with van der Waals surface area (Å²) >= 11 is 0. The largest absolute Gasteiger partial charge is 0.494 e. The van der Waals surface area contributed by atoms with Crippen LogP contribution in [0.2, 0.25) is 0 Å². The average molecular weight is 327 g/mol. The third-order valence-corrected chi connectivity index (χ3v) is 5.48. The number of benzene rings is 1. The van der Waals surface area contributed by atoms with Gasteiger partial charge in [0.25, 0.3) is 0 Å². The van der Waals surface area contributed by atoms with Gasteiger partial charge in [-0.1, -0.05) is 12.1 Å². The van der Waals surface area contributed by atoms with E-state index in [1.807, 2.05) is 39.8 Å². The standard InChI is InChI=1S/C17H22BN3O3/c1-16(2)17(3,4)24-18(23-16)12-7-8-13-11(10-12)6-9-14-19-20(5)15(22)21(13)14/h7-8,10H,6,9H2,1-5H3. The van der Waals surface area contributed by atoms with Crippen molar-refractivity contribution in [2.45, 2.75) is 51.7 Å². The highest BCUT2D eigenvalue weighted by Gasteiger charge is 2.51. The van der Waals surface area contributed by atoms with E-state index >= 15 is 0 Å². The second kappa shape index (κ2) is 4.83. The Morgan fingerprint density at radius 1 is 1.12 bits per heavy atom. The molecular formula is C17H22BN3O3. The number of aryl methyl sites for hydroxylation is 3. The van der Waals surface area contributed by atoms with Crippen LogP contribution in [0.1, 0.15) is 39.1 Å². The molecule has 0 unspecified atom stereocenters. The van der Waals surface area contributed by atoms with Crippen LogP contribution in [-0.4, -0.2) is 32.7 Å². The first-order chi connectivity index (χ1) is 11.2. The molecule has 0 atom stereocenters. The van der Waals surface area contributed by atoms with Crippen LogP contribution in [0, 0.1) is 0 Å². The van der Waals surface area contributed by atoms with Gasteiger partial charge in [-0.25, -0.2) is 14.0 Å². The zero-order valence-electron chi connectivity index (χ0n) is 14.8. The summed E-state index contributed by atoms with van der Waals surface area (Å²) in [4.78, 5) is 12.3. The predicted octanol–water partition coefficient (Wildman–Crippen LogP) is 0.969. The van der Waals surface area contributed by atoms with E-state index < -0.39 is 0 Å². The maximum absolute atomic E-state index is 12.3. The van der Waals surface area contributed by atoms with E-state index in [4.69, 9.17) is 9.31 Å². The van der Waals surface area contributed by atoms with Crippen LogP contribution in [0.5, 0.6) is 0 Å². The molecule has 1 aromatic carbocycles. The first-order valence-electron chi connectivity index (χ1n) is 8.33. The highest BCUT2D eigenvalue weighted by atomic mass is 16.7. The summed E-state index contributed by atoms with van der Waals surface area (Å²) in [6.45, 7) is 8.19. The zero-order chi connectivity index (χ0) is 17.3. The van der Waals surface area contributed by atoms with Crippen molar-refractivity contribution in [3.05, 3.63) is 40.1 Å². The van der Waals surface area contributed by atoms with Crippen molar-refractivity contribution in [1.82, 2.24) is 14.3 Å². The van der Waals surface area contributed by atoms with Crippen LogP contribution >= 0.6 is 0 Å². The Morgan fingerprint density at radius 3 is 2.46 bits per heavy atom. The molecular weight excluding hydrogens is 305 g/mol. The van der Waals surface area contributed by atoms with Crippen molar-refractivity contribution in [1.29, 1.82) is 0 Å². The molecule has 0 N–H and O–H groups in total. The Labute approximate surface area is 141 Å². The molecule has 1 saturated heterocycles. The van der Waals surface area contributed by atoms with Crippen molar-refractivity contribution in [3.63, 3.8) is 0 Å². The van der Waals surface area contributed by atoms with Crippen molar-refractivity contribution < 1.29 is 9.31 Å². The number of hydrogen-bond donors (Lipinski definition) is 0. The lowest BCUT2D eigenvalue weighted by Crippen LogP contribution is -2.41. The van der Waals surface area contributed by atoms with Crippen LogP contribution in [0.3, 0.4) is 0 Å². The first kappa shape index (κ1) is 15.7. The molecule has 0 saturated carbocycles. The zero-order valence-corrected chi connectivity index (χ0v) is 14.8. The summed E-state index contributed by atoms with van der Waals surface area (Å²) in [5.41, 5.74) is 2.21. The van der Waals surface area contributed by atoms with Gasteiger partial charge in [-0.2, -0.15) is 5.10 Å². The molecule has 126 valence electrons. The second-order valence-corrected chi connectivity index (χ2v) is 7.63. The van der Waals surface area contributed by atoms with Gasteiger partial charge in [0, 0.05) is 13.5 Å². The van der Waals surface area contributed by atoms with Gasteiger partial charge in [-0.05, 0) is 51.2 Å². The van der Waals surface area contributed by atoms with Gasteiger partial charge in [0.15, 0.2) is 0 Å². The van der Waals surface area contributed by atoms with Crippen molar-refractivity contribution in [2.24, 2.45) is 7.05 Å². The third-order valence-electron chi connectivity index (χ3n) is 5.48. The van der Waals surface area contributed by atoms with E-state index in [0.717, 1.165) is 35.4 Å². The van der Waals surface area contributed by atoms with E-state index in [1.165, 1.54) is 4.68 Å². The van der Waals surface area contributed by atoms with Gasteiger partial charge in [0.1, 0.15) is 5.82 Å². The smallest absolute Gasteiger partial charge is 0.399 e. The summed E-state index contributed by atoms with van der Waals surface area (Å²) in [5, 5.41) is 4.31. The van der Waals surface area contributed by atoms with Crippen LogP contribution in [0.4, 0.5) is 0 Å². The fourth-order valence-corrected chi connectivity index (χ4v) is 3.32. The summed E-state index contributed by atoms with van der Waals surface area (Å²) in [6.07, 6.45) is 1.62. The molecule has 2 aromatic rings. The Hall–Kier alpha value is -1.86. The van der Waals surface area contributed by atoms with Crippen molar-refractivity contribution in [2.75, 3.05) is 0 Å². The van der Waals surface area contributed by atoms with Crippen molar-refractivity contribution >= 4 is 12.6 Å². The molecule has 0 spiro atoms. The highest BCUT2D eigenvalue weighted by Crippen LogP contribution is 2.36. The molecule has 1 aromatic heterocycles. The lowest BCUT2D eigenvalue weighted by Gasteiger charge is -2.32. The summed E-state index contributed by atoms with van der Waals surface area (Å²) in [5.74, 6) is 0.818. The number of fused-ring (bicyclic) bond motifs is 3. The summed E-state index contributed by atoms with van der Waals surface area (Å²) in [7, 11) is 1.30. The first-order valence-corrected chi connectivity index (χ1v) is 8.33. The maximum Gasteiger partial charge on any atom is 0.494 e. The number of hydrogen-bond acceptors (Lipinski definition) is 4. The molecule has 2 aliphatic heterocycles. The van der Waals surface area contributed by atoms with Gasteiger partial charge in [0.2, 0.25) is 0 Å². The molecule has 1 fully saturated rings. The highest BCUT2D eigenvalue weighted by molar-refractivity contribution is 6.62. The Kier molecular flexibility index (Phi) is 3.15. The van der Waals surface area contributed by atoms with E-state index in [2.05, 4.69) is 11.2 Å². The fraction of sp³-hybridized carbons (Fsp3) is 0.529. The van der Waals surface area contributed by atoms with Crippen LogP contribution in [-0.2, 0) is 29.2 Å².